The van der Waals surface area contributed by atoms with Crippen molar-refractivity contribution in [3.8, 4) is 5.75 Å². The zero-order valence-corrected chi connectivity index (χ0v) is 10.9. The molecule has 0 saturated heterocycles. The molecule has 3 nitrogen and oxygen atoms in total. The van der Waals surface area contributed by atoms with Gasteiger partial charge in [0, 0.05) is 5.56 Å². The lowest BCUT2D eigenvalue weighted by atomic mass is 9.92. The van der Waals surface area contributed by atoms with Crippen molar-refractivity contribution in [3.05, 3.63) is 27.8 Å². The summed E-state index contributed by atoms with van der Waals surface area (Å²) in [5.41, 5.74) is 1.86. The molecule has 0 aromatic heterocycles. The highest BCUT2D eigenvalue weighted by atomic mass is 35.5. The molecule has 1 aliphatic carbocycles. The molecule has 1 N–H and O–H groups in total. The number of aryl methyl sites for hydroxylation is 1. The maximum absolute atomic E-state index is 11.4. The summed E-state index contributed by atoms with van der Waals surface area (Å²) in [5.74, 6) is -0.287. The highest BCUT2D eigenvalue weighted by Crippen LogP contribution is 2.53. The highest BCUT2D eigenvalue weighted by molar-refractivity contribution is 6.33. The van der Waals surface area contributed by atoms with Crippen molar-refractivity contribution in [2.75, 3.05) is 7.11 Å². The fraction of sp³-hybridized carbons (Fsp3) is 0.462. The molecule has 1 aromatic carbocycles. The second kappa shape index (κ2) is 3.91. The van der Waals surface area contributed by atoms with Crippen LogP contribution < -0.4 is 4.74 Å². The van der Waals surface area contributed by atoms with Gasteiger partial charge in [-0.3, -0.25) is 4.79 Å². The van der Waals surface area contributed by atoms with Crippen molar-refractivity contribution in [2.24, 2.45) is 0 Å². The van der Waals surface area contributed by atoms with Crippen LogP contribution in [0.5, 0.6) is 5.75 Å². The van der Waals surface area contributed by atoms with Crippen LogP contribution >= 0.6 is 11.6 Å². The van der Waals surface area contributed by atoms with Crippen LogP contribution in [0.25, 0.3) is 0 Å². The van der Waals surface area contributed by atoms with Crippen LogP contribution in [-0.2, 0) is 10.2 Å². The number of halogens is 1. The first kappa shape index (κ1) is 12.2. The van der Waals surface area contributed by atoms with E-state index in [-0.39, 0.29) is 0 Å². The van der Waals surface area contributed by atoms with Crippen LogP contribution in [0, 0.1) is 13.8 Å². The molecular weight excluding hydrogens is 240 g/mol. The van der Waals surface area contributed by atoms with Crippen molar-refractivity contribution in [1.29, 1.82) is 0 Å². The first-order valence-electron chi connectivity index (χ1n) is 5.51. The molecule has 1 saturated carbocycles. The molecule has 0 spiro atoms. The van der Waals surface area contributed by atoms with E-state index in [9.17, 15) is 9.90 Å². The molecule has 0 atom stereocenters. The van der Waals surface area contributed by atoms with Crippen molar-refractivity contribution in [3.63, 3.8) is 0 Å². The Morgan fingerprint density at radius 1 is 1.47 bits per heavy atom. The molecule has 0 aliphatic heterocycles. The number of aliphatic carboxylic acids is 1. The largest absolute Gasteiger partial charge is 0.495 e. The maximum Gasteiger partial charge on any atom is 0.314 e. The van der Waals surface area contributed by atoms with Gasteiger partial charge < -0.3 is 9.84 Å². The Balaban J connectivity index is 2.66. The summed E-state index contributed by atoms with van der Waals surface area (Å²) in [4.78, 5) is 11.4. The number of rotatable bonds is 3. The lowest BCUT2D eigenvalue weighted by Gasteiger charge is -2.18. The predicted octanol–water partition coefficient (Wildman–Crippen LogP) is 3.08. The Morgan fingerprint density at radius 2 is 2.06 bits per heavy atom. The number of carbonyl (C=O) groups is 1. The Morgan fingerprint density at radius 3 is 2.47 bits per heavy atom. The van der Waals surface area contributed by atoms with Gasteiger partial charge in [-0.15, -0.1) is 0 Å². The second-order valence-electron chi connectivity index (χ2n) is 4.60. The molecule has 92 valence electrons. The Hall–Kier alpha value is -1.22. The van der Waals surface area contributed by atoms with Gasteiger partial charge in [-0.2, -0.15) is 0 Å². The van der Waals surface area contributed by atoms with Gasteiger partial charge in [-0.05, 0) is 37.8 Å². The Kier molecular flexibility index (Phi) is 2.82. The normalized spacial score (nSPS) is 16.7. The quantitative estimate of drug-likeness (QED) is 0.902. The van der Waals surface area contributed by atoms with Gasteiger partial charge in [0.1, 0.15) is 5.75 Å². The lowest BCUT2D eigenvalue weighted by Crippen LogP contribution is -2.21. The van der Waals surface area contributed by atoms with Crippen molar-refractivity contribution in [2.45, 2.75) is 32.1 Å². The fourth-order valence-electron chi connectivity index (χ4n) is 2.13. The van der Waals surface area contributed by atoms with Crippen molar-refractivity contribution < 1.29 is 14.6 Å². The number of carboxylic acids is 1. The van der Waals surface area contributed by atoms with E-state index in [1.165, 1.54) is 7.11 Å². The minimum absolute atomic E-state index is 0.509. The average molecular weight is 255 g/mol. The van der Waals surface area contributed by atoms with Crippen LogP contribution in [-0.4, -0.2) is 18.2 Å². The molecule has 0 amide bonds. The lowest BCUT2D eigenvalue weighted by molar-refractivity contribution is -0.140. The SMILES string of the molecule is COc1c(C2(C(=O)O)CC2)cc(C)c(C)c1Cl. The van der Waals surface area contributed by atoms with Crippen LogP contribution in [0.15, 0.2) is 6.07 Å². The van der Waals surface area contributed by atoms with Crippen LogP contribution in [0.1, 0.15) is 29.5 Å². The molecule has 0 unspecified atom stereocenters. The number of benzene rings is 1. The average Bonchev–Trinajstić information content (AvgIpc) is 3.06. The van der Waals surface area contributed by atoms with Gasteiger partial charge in [0.05, 0.1) is 17.5 Å². The first-order valence-corrected chi connectivity index (χ1v) is 5.89. The summed E-state index contributed by atoms with van der Waals surface area (Å²) in [6.45, 7) is 3.84. The van der Waals surface area contributed by atoms with E-state index < -0.39 is 11.4 Å². The molecule has 1 fully saturated rings. The van der Waals surface area contributed by atoms with E-state index in [0.717, 1.165) is 11.1 Å². The van der Waals surface area contributed by atoms with E-state index in [1.54, 1.807) is 0 Å². The topological polar surface area (TPSA) is 46.5 Å². The number of ether oxygens (including phenoxy) is 1. The predicted molar refractivity (Wildman–Crippen MR) is 66.0 cm³/mol. The molecule has 2 rings (SSSR count). The van der Waals surface area contributed by atoms with E-state index >= 15 is 0 Å². The van der Waals surface area contributed by atoms with E-state index in [2.05, 4.69) is 0 Å². The summed E-state index contributed by atoms with van der Waals surface area (Å²) < 4.78 is 5.29. The minimum atomic E-state index is -0.796. The second-order valence-corrected chi connectivity index (χ2v) is 4.98. The molecule has 0 radical (unpaired) electrons. The zero-order valence-electron chi connectivity index (χ0n) is 10.1. The molecule has 1 aromatic rings. The first-order chi connectivity index (χ1) is 7.94. The van der Waals surface area contributed by atoms with E-state index in [1.807, 2.05) is 19.9 Å². The molecule has 1 aliphatic rings. The molecular formula is C13H15ClO3. The summed E-state index contributed by atoms with van der Waals surface area (Å²) in [5, 5.41) is 9.85. The fourth-order valence-corrected chi connectivity index (χ4v) is 2.46. The van der Waals surface area contributed by atoms with Crippen molar-refractivity contribution >= 4 is 17.6 Å². The third-order valence-electron chi connectivity index (χ3n) is 3.60. The smallest absolute Gasteiger partial charge is 0.314 e. The number of hydrogen-bond acceptors (Lipinski definition) is 2. The van der Waals surface area contributed by atoms with Gasteiger partial charge in [-0.1, -0.05) is 17.7 Å². The summed E-state index contributed by atoms with van der Waals surface area (Å²) in [7, 11) is 1.53. The molecule has 0 heterocycles. The van der Waals surface area contributed by atoms with Gasteiger partial charge >= 0.3 is 5.97 Å². The standard InChI is InChI=1S/C13H15ClO3/c1-7-6-9(13(4-5-13)12(15)16)11(17-3)10(14)8(7)2/h6H,4-5H2,1-3H3,(H,15,16). The van der Waals surface area contributed by atoms with Crippen LogP contribution in [0.2, 0.25) is 5.02 Å². The maximum atomic E-state index is 11.4. The number of methoxy groups -OCH3 is 1. The monoisotopic (exact) mass is 254 g/mol. The molecule has 17 heavy (non-hydrogen) atoms. The summed E-state index contributed by atoms with van der Waals surface area (Å²) in [6.07, 6.45) is 1.30. The number of carboxylic acid groups (broad SMARTS) is 1. The number of hydrogen-bond donors (Lipinski definition) is 1. The molecule has 4 heteroatoms. The van der Waals surface area contributed by atoms with Crippen LogP contribution in [0.3, 0.4) is 0 Å². The van der Waals surface area contributed by atoms with Gasteiger partial charge in [0.25, 0.3) is 0 Å². The van der Waals surface area contributed by atoms with Crippen molar-refractivity contribution in [1.82, 2.24) is 0 Å². The van der Waals surface area contributed by atoms with Crippen LogP contribution in [0.4, 0.5) is 0 Å². The minimum Gasteiger partial charge on any atom is -0.495 e. The van der Waals surface area contributed by atoms with Gasteiger partial charge in [-0.25, -0.2) is 0 Å². The van der Waals surface area contributed by atoms with E-state index in [0.29, 0.717) is 29.2 Å². The summed E-state index contributed by atoms with van der Waals surface area (Å²) in [6, 6.07) is 1.89. The zero-order chi connectivity index (χ0) is 12.8. The third kappa shape index (κ3) is 1.69. The third-order valence-corrected chi connectivity index (χ3v) is 4.06. The Labute approximate surface area is 105 Å². The highest BCUT2D eigenvalue weighted by Gasteiger charge is 2.53. The van der Waals surface area contributed by atoms with E-state index in [4.69, 9.17) is 16.3 Å². The van der Waals surface area contributed by atoms with Gasteiger partial charge in [0.15, 0.2) is 0 Å². The Bertz CT molecular complexity index is 490. The summed E-state index contributed by atoms with van der Waals surface area (Å²) >= 11 is 6.22. The molecule has 0 bridgehead atoms. The van der Waals surface area contributed by atoms with Gasteiger partial charge in [0.2, 0.25) is 0 Å².